The summed E-state index contributed by atoms with van der Waals surface area (Å²) in [6, 6.07) is -0.779. The van der Waals surface area contributed by atoms with Crippen LogP contribution < -0.4 is 10.6 Å². The van der Waals surface area contributed by atoms with E-state index in [9.17, 15) is 14.4 Å². The Morgan fingerprint density at radius 3 is 2.03 bits per heavy atom. The topological polar surface area (TPSA) is 87.7 Å². The van der Waals surface area contributed by atoms with Gasteiger partial charge in [0.25, 0.3) is 0 Å². The number of nitrogens with one attached hydrogen (secondary N) is 2. The summed E-state index contributed by atoms with van der Waals surface area (Å²) in [5, 5.41) is 5.97. The number of piperazine rings is 1. The van der Waals surface area contributed by atoms with Crippen LogP contribution in [-0.2, 0) is 19.1 Å². The van der Waals surface area contributed by atoms with Crippen molar-refractivity contribution in [2.75, 3.05) is 32.8 Å². The number of hydrogen-bond acceptors (Lipinski definition) is 5. The smallest absolute Gasteiger partial charge is 0.308 e. The van der Waals surface area contributed by atoms with E-state index >= 15 is 0 Å². The molecule has 2 N–H and O–H groups in total. The first kappa shape index (κ1) is 31.4. The summed E-state index contributed by atoms with van der Waals surface area (Å²) in [4.78, 5) is 38.6. The second-order valence-electron chi connectivity index (χ2n) is 10.4. The van der Waals surface area contributed by atoms with E-state index in [1.54, 1.807) is 0 Å². The van der Waals surface area contributed by atoms with Crippen LogP contribution in [0.4, 0.5) is 0 Å². The number of ether oxygens (including phenoxy) is 1. The summed E-state index contributed by atoms with van der Waals surface area (Å²) in [7, 11) is 0. The molecule has 0 saturated carbocycles. The number of rotatable bonds is 21. The average molecular weight is 496 g/mol. The number of nitrogens with zero attached hydrogens (tertiary/aromatic N) is 1. The highest BCUT2D eigenvalue weighted by Gasteiger charge is 2.34. The van der Waals surface area contributed by atoms with Crippen LogP contribution in [0.3, 0.4) is 0 Å². The van der Waals surface area contributed by atoms with Crippen molar-refractivity contribution in [1.82, 2.24) is 15.5 Å². The lowest BCUT2D eigenvalue weighted by Gasteiger charge is -2.34. The van der Waals surface area contributed by atoms with Crippen LogP contribution in [0.2, 0.25) is 0 Å². The van der Waals surface area contributed by atoms with Gasteiger partial charge < -0.3 is 20.3 Å². The minimum Gasteiger partial charge on any atom is -0.465 e. The zero-order valence-corrected chi connectivity index (χ0v) is 22.9. The first-order valence-electron chi connectivity index (χ1n) is 14.4. The van der Waals surface area contributed by atoms with Gasteiger partial charge in [-0.1, -0.05) is 104 Å². The molecule has 7 heteroatoms. The van der Waals surface area contributed by atoms with Gasteiger partial charge in [0.2, 0.25) is 11.8 Å². The molecule has 204 valence electrons. The molecule has 35 heavy (non-hydrogen) atoms. The van der Waals surface area contributed by atoms with Crippen molar-refractivity contribution in [3.8, 4) is 0 Å². The summed E-state index contributed by atoms with van der Waals surface area (Å²) in [5.74, 6) is -0.616. The Morgan fingerprint density at radius 2 is 1.49 bits per heavy atom. The van der Waals surface area contributed by atoms with Crippen LogP contribution in [-0.4, -0.2) is 61.5 Å². The Labute approximate surface area is 214 Å². The van der Waals surface area contributed by atoms with Crippen LogP contribution in [0.5, 0.6) is 0 Å². The average Bonchev–Trinajstić information content (AvgIpc) is 2.83. The van der Waals surface area contributed by atoms with Crippen LogP contribution >= 0.6 is 0 Å². The van der Waals surface area contributed by atoms with Crippen molar-refractivity contribution < 1.29 is 19.1 Å². The zero-order valence-electron chi connectivity index (χ0n) is 22.9. The highest BCUT2D eigenvalue weighted by molar-refractivity contribution is 5.92. The van der Waals surface area contributed by atoms with Gasteiger partial charge in [0.1, 0.15) is 6.04 Å². The molecule has 0 aromatic carbocycles. The standard InChI is InChI=1S/C28H53N3O4/c1-4-5-6-7-8-9-10-11-12-13-14-15-16-17-18-29-22-26(32)31-20-19-30-28(34)25(31)21-27(33)35-23-24(2)3/h24-25,29H,4-23H2,1-3H3,(H,30,34). The maximum Gasteiger partial charge on any atom is 0.308 e. The molecule has 1 rings (SSSR count). The summed E-state index contributed by atoms with van der Waals surface area (Å²) in [6.07, 6.45) is 18.5. The molecule has 0 aromatic heterocycles. The molecular weight excluding hydrogens is 442 g/mol. The van der Waals surface area contributed by atoms with Gasteiger partial charge in [0.15, 0.2) is 0 Å². The summed E-state index contributed by atoms with van der Waals surface area (Å²) in [5.41, 5.74) is 0. The number of carbonyl (C=O) groups is 3. The van der Waals surface area contributed by atoms with Gasteiger partial charge in [-0.05, 0) is 18.9 Å². The maximum atomic E-state index is 12.7. The summed E-state index contributed by atoms with van der Waals surface area (Å²) < 4.78 is 5.20. The van der Waals surface area contributed by atoms with E-state index in [-0.39, 0.29) is 30.7 Å². The SMILES string of the molecule is CCCCCCCCCCCCCCCCNCC(=O)N1CCNC(=O)C1CC(=O)OCC(C)C. The lowest BCUT2D eigenvalue weighted by molar-refractivity contribution is -0.152. The predicted molar refractivity (Wildman–Crippen MR) is 142 cm³/mol. The second kappa shape index (κ2) is 20.6. The van der Waals surface area contributed by atoms with Gasteiger partial charge in [0.05, 0.1) is 19.6 Å². The molecule has 0 aliphatic carbocycles. The largest absolute Gasteiger partial charge is 0.465 e. The van der Waals surface area contributed by atoms with Crippen LogP contribution in [0.1, 0.15) is 117 Å². The van der Waals surface area contributed by atoms with E-state index in [0.29, 0.717) is 19.7 Å². The Morgan fingerprint density at radius 1 is 0.943 bits per heavy atom. The number of amides is 2. The van der Waals surface area contributed by atoms with Gasteiger partial charge in [0, 0.05) is 13.1 Å². The maximum absolute atomic E-state index is 12.7. The fourth-order valence-electron chi connectivity index (χ4n) is 4.43. The highest BCUT2D eigenvalue weighted by Crippen LogP contribution is 2.13. The molecule has 0 spiro atoms. The lowest BCUT2D eigenvalue weighted by atomic mass is 10.0. The fourth-order valence-corrected chi connectivity index (χ4v) is 4.43. The van der Waals surface area contributed by atoms with Crippen molar-refractivity contribution in [1.29, 1.82) is 0 Å². The molecule has 7 nitrogen and oxygen atoms in total. The molecule has 1 atom stereocenters. The van der Waals surface area contributed by atoms with Crippen LogP contribution in [0.15, 0.2) is 0 Å². The minimum atomic E-state index is -0.779. The first-order chi connectivity index (χ1) is 17.0. The van der Waals surface area contributed by atoms with E-state index in [1.165, 1.54) is 88.4 Å². The third-order valence-electron chi connectivity index (χ3n) is 6.57. The molecule has 0 radical (unpaired) electrons. The van der Waals surface area contributed by atoms with Crippen molar-refractivity contribution in [2.24, 2.45) is 5.92 Å². The molecule has 0 bridgehead atoms. The first-order valence-corrected chi connectivity index (χ1v) is 14.4. The molecular formula is C28H53N3O4. The second-order valence-corrected chi connectivity index (χ2v) is 10.4. The van der Waals surface area contributed by atoms with Gasteiger partial charge >= 0.3 is 5.97 Å². The molecule has 1 aliphatic heterocycles. The predicted octanol–water partition coefficient (Wildman–Crippen LogP) is 4.97. The molecule has 2 amide bonds. The molecule has 1 aliphatic rings. The number of hydrogen-bond donors (Lipinski definition) is 2. The van der Waals surface area contributed by atoms with Crippen LogP contribution in [0.25, 0.3) is 0 Å². The number of carbonyl (C=O) groups excluding carboxylic acids is 3. The third-order valence-corrected chi connectivity index (χ3v) is 6.57. The monoisotopic (exact) mass is 495 g/mol. The van der Waals surface area contributed by atoms with Gasteiger partial charge in [-0.25, -0.2) is 0 Å². The summed E-state index contributed by atoms with van der Waals surface area (Å²) >= 11 is 0. The Bertz CT molecular complexity index is 583. The van der Waals surface area contributed by atoms with E-state index < -0.39 is 12.0 Å². The Kier molecular flexibility index (Phi) is 18.4. The lowest BCUT2D eigenvalue weighted by Crippen LogP contribution is -2.59. The normalized spacial score (nSPS) is 15.9. The Balaban J connectivity index is 2.06. The van der Waals surface area contributed by atoms with E-state index in [4.69, 9.17) is 4.74 Å². The molecule has 0 aromatic rings. The van der Waals surface area contributed by atoms with E-state index in [1.807, 2.05) is 13.8 Å². The molecule has 1 unspecified atom stereocenters. The fraction of sp³-hybridized carbons (Fsp3) is 0.893. The van der Waals surface area contributed by atoms with Crippen molar-refractivity contribution >= 4 is 17.8 Å². The van der Waals surface area contributed by atoms with Gasteiger partial charge in [-0.3, -0.25) is 14.4 Å². The number of esters is 1. The minimum absolute atomic E-state index is 0.0940. The summed E-state index contributed by atoms with van der Waals surface area (Å²) in [6.45, 7) is 8.34. The van der Waals surface area contributed by atoms with Crippen molar-refractivity contribution in [3.63, 3.8) is 0 Å². The third kappa shape index (κ3) is 15.9. The van der Waals surface area contributed by atoms with Crippen molar-refractivity contribution in [3.05, 3.63) is 0 Å². The van der Waals surface area contributed by atoms with E-state index in [0.717, 1.165) is 13.0 Å². The molecule has 1 fully saturated rings. The molecule has 1 heterocycles. The highest BCUT2D eigenvalue weighted by atomic mass is 16.5. The quantitative estimate of drug-likeness (QED) is 0.173. The molecule has 1 saturated heterocycles. The van der Waals surface area contributed by atoms with E-state index in [2.05, 4.69) is 17.6 Å². The number of unbranched alkanes of at least 4 members (excludes halogenated alkanes) is 13. The zero-order chi connectivity index (χ0) is 25.7. The van der Waals surface area contributed by atoms with Crippen molar-refractivity contribution in [2.45, 2.75) is 123 Å². The Hall–Kier alpha value is -1.63. The van der Waals surface area contributed by atoms with Gasteiger partial charge in [-0.15, -0.1) is 0 Å². The van der Waals surface area contributed by atoms with Gasteiger partial charge in [-0.2, -0.15) is 0 Å². The van der Waals surface area contributed by atoms with Crippen LogP contribution in [0, 0.1) is 5.92 Å².